The third-order valence-corrected chi connectivity index (χ3v) is 3.07. The van der Waals surface area contributed by atoms with Gasteiger partial charge in [0.2, 0.25) is 0 Å². The smallest absolute Gasteiger partial charge is 0.0382 e. The van der Waals surface area contributed by atoms with Crippen LogP contribution in [0, 0.1) is 15.4 Å². The van der Waals surface area contributed by atoms with Crippen molar-refractivity contribution in [2.24, 2.45) is 0 Å². The van der Waals surface area contributed by atoms with E-state index in [0.29, 0.717) is 0 Å². The van der Waals surface area contributed by atoms with Gasteiger partial charge in [0.15, 0.2) is 0 Å². The molecule has 0 saturated heterocycles. The molecule has 0 amide bonds. The molecule has 78 valence electrons. The molecule has 0 unspecified atom stereocenters. The topological polar surface area (TPSA) is 26.0 Å². The largest absolute Gasteiger partial charge is 0.399 e. The van der Waals surface area contributed by atoms with E-state index < -0.39 is 0 Å². The first kappa shape index (κ1) is 11.0. The highest BCUT2D eigenvalue weighted by Crippen LogP contribution is 2.10. The highest BCUT2D eigenvalue weighted by Gasteiger charge is 1.92. The van der Waals surface area contributed by atoms with Crippen LogP contribution in [0.2, 0.25) is 0 Å². The monoisotopic (exact) mass is 319 g/mol. The Hall–Kier alpha value is -1.47. The average Bonchev–Trinajstić information content (AvgIpc) is 2.30. The van der Waals surface area contributed by atoms with Gasteiger partial charge < -0.3 is 5.73 Å². The summed E-state index contributed by atoms with van der Waals surface area (Å²) in [6.45, 7) is 0. The molecule has 0 heterocycles. The maximum absolute atomic E-state index is 5.61. The Morgan fingerprint density at radius 2 is 1.56 bits per heavy atom. The maximum atomic E-state index is 5.61. The van der Waals surface area contributed by atoms with Crippen molar-refractivity contribution >= 4 is 28.3 Å². The predicted octanol–water partition coefficient (Wildman–Crippen LogP) is 3.27. The van der Waals surface area contributed by atoms with Crippen LogP contribution in [0.3, 0.4) is 0 Å². The maximum Gasteiger partial charge on any atom is 0.0382 e. The molecule has 0 bridgehead atoms. The van der Waals surface area contributed by atoms with E-state index in [1.54, 1.807) is 0 Å². The molecule has 0 fully saturated rings. The van der Waals surface area contributed by atoms with Crippen molar-refractivity contribution in [2.45, 2.75) is 0 Å². The summed E-state index contributed by atoms with van der Waals surface area (Å²) < 4.78 is 1.17. The SMILES string of the molecule is Nc1ccc(C#Cc2ccccc2I)cc1. The quantitative estimate of drug-likeness (QED) is 0.450. The van der Waals surface area contributed by atoms with Gasteiger partial charge >= 0.3 is 0 Å². The van der Waals surface area contributed by atoms with E-state index in [1.807, 2.05) is 48.5 Å². The molecule has 0 spiro atoms. The zero-order valence-corrected chi connectivity index (χ0v) is 10.7. The lowest BCUT2D eigenvalue weighted by Gasteiger charge is -1.94. The minimum Gasteiger partial charge on any atom is -0.399 e. The molecule has 0 aliphatic carbocycles. The standard InChI is InChI=1S/C14H10IN/c15-14-4-2-1-3-12(14)8-5-11-6-9-13(16)10-7-11/h1-4,6-7,9-10H,16H2. The lowest BCUT2D eigenvalue weighted by Crippen LogP contribution is -1.84. The van der Waals surface area contributed by atoms with Crippen molar-refractivity contribution in [3.05, 3.63) is 63.2 Å². The molecule has 2 aromatic carbocycles. The second kappa shape index (κ2) is 5.04. The Kier molecular flexibility index (Phi) is 3.47. The molecule has 0 saturated carbocycles. The van der Waals surface area contributed by atoms with Crippen LogP contribution in [0.1, 0.15) is 11.1 Å². The van der Waals surface area contributed by atoms with Crippen LogP contribution in [0.4, 0.5) is 5.69 Å². The molecule has 0 aliphatic heterocycles. The number of nitrogen functional groups attached to an aromatic ring is 1. The second-order valence-corrected chi connectivity index (χ2v) is 4.51. The molecule has 2 rings (SSSR count). The number of halogens is 1. The van der Waals surface area contributed by atoms with Crippen LogP contribution in [-0.4, -0.2) is 0 Å². The number of rotatable bonds is 0. The summed E-state index contributed by atoms with van der Waals surface area (Å²) in [5.41, 5.74) is 8.41. The molecule has 1 nitrogen and oxygen atoms in total. The van der Waals surface area contributed by atoms with Crippen LogP contribution in [0.5, 0.6) is 0 Å². The molecule has 0 atom stereocenters. The number of hydrogen-bond acceptors (Lipinski definition) is 1. The fraction of sp³-hybridized carbons (Fsp3) is 0. The Balaban J connectivity index is 2.29. The first-order valence-corrected chi connectivity index (χ1v) is 5.96. The molecule has 0 aliphatic rings. The summed E-state index contributed by atoms with van der Waals surface area (Å²) in [7, 11) is 0. The predicted molar refractivity (Wildman–Crippen MR) is 76.0 cm³/mol. The molecular weight excluding hydrogens is 309 g/mol. The first-order valence-electron chi connectivity index (χ1n) is 4.88. The van der Waals surface area contributed by atoms with E-state index in [9.17, 15) is 0 Å². The fourth-order valence-electron chi connectivity index (χ4n) is 1.27. The van der Waals surface area contributed by atoms with Crippen LogP contribution in [0.25, 0.3) is 0 Å². The van der Waals surface area contributed by atoms with E-state index in [1.165, 1.54) is 3.57 Å². The summed E-state index contributed by atoms with van der Waals surface area (Å²) in [5, 5.41) is 0. The van der Waals surface area contributed by atoms with Crippen molar-refractivity contribution in [1.82, 2.24) is 0 Å². The van der Waals surface area contributed by atoms with Gasteiger partial charge in [-0.3, -0.25) is 0 Å². The Bertz CT molecular complexity index is 547. The summed E-state index contributed by atoms with van der Waals surface area (Å²) >= 11 is 2.29. The molecular formula is C14H10IN. The average molecular weight is 319 g/mol. The minimum absolute atomic E-state index is 0.764. The Morgan fingerprint density at radius 1 is 0.875 bits per heavy atom. The molecule has 2 N–H and O–H groups in total. The van der Waals surface area contributed by atoms with E-state index in [-0.39, 0.29) is 0 Å². The van der Waals surface area contributed by atoms with Crippen LogP contribution in [-0.2, 0) is 0 Å². The van der Waals surface area contributed by atoms with Crippen molar-refractivity contribution < 1.29 is 0 Å². The molecule has 2 heteroatoms. The summed E-state index contributed by atoms with van der Waals surface area (Å²) in [6.07, 6.45) is 0. The van der Waals surface area contributed by atoms with Crippen molar-refractivity contribution in [3.8, 4) is 11.8 Å². The van der Waals surface area contributed by atoms with Crippen LogP contribution < -0.4 is 5.73 Å². The third kappa shape index (κ3) is 2.77. The van der Waals surface area contributed by atoms with Crippen LogP contribution in [0.15, 0.2) is 48.5 Å². The highest BCUT2D eigenvalue weighted by atomic mass is 127. The second-order valence-electron chi connectivity index (χ2n) is 3.35. The summed E-state index contributed by atoms with van der Waals surface area (Å²) in [5.74, 6) is 6.27. The van der Waals surface area contributed by atoms with Crippen molar-refractivity contribution in [2.75, 3.05) is 5.73 Å². The number of anilines is 1. The fourth-order valence-corrected chi connectivity index (χ4v) is 1.79. The minimum atomic E-state index is 0.764. The first-order chi connectivity index (χ1) is 7.75. The van der Waals surface area contributed by atoms with E-state index in [2.05, 4.69) is 34.4 Å². The zero-order chi connectivity index (χ0) is 11.4. The lowest BCUT2D eigenvalue weighted by molar-refractivity contribution is 1.58. The van der Waals surface area contributed by atoms with E-state index in [0.717, 1.165) is 16.8 Å². The third-order valence-electron chi connectivity index (χ3n) is 2.13. The van der Waals surface area contributed by atoms with Gasteiger partial charge in [0.05, 0.1) is 0 Å². The van der Waals surface area contributed by atoms with Crippen molar-refractivity contribution in [3.63, 3.8) is 0 Å². The van der Waals surface area contributed by atoms with E-state index in [4.69, 9.17) is 5.73 Å². The molecule has 0 radical (unpaired) electrons. The van der Waals surface area contributed by atoms with Crippen molar-refractivity contribution in [1.29, 1.82) is 0 Å². The number of benzene rings is 2. The highest BCUT2D eigenvalue weighted by molar-refractivity contribution is 14.1. The van der Waals surface area contributed by atoms with Gasteiger partial charge in [0.25, 0.3) is 0 Å². The molecule has 0 aromatic heterocycles. The zero-order valence-electron chi connectivity index (χ0n) is 8.57. The summed E-state index contributed by atoms with van der Waals surface area (Å²) in [6, 6.07) is 15.7. The van der Waals surface area contributed by atoms with Gasteiger partial charge in [-0.25, -0.2) is 0 Å². The Morgan fingerprint density at radius 3 is 2.25 bits per heavy atom. The Labute approximate surface area is 109 Å². The summed E-state index contributed by atoms with van der Waals surface area (Å²) in [4.78, 5) is 0. The molecule has 16 heavy (non-hydrogen) atoms. The molecule has 2 aromatic rings. The lowest BCUT2D eigenvalue weighted by atomic mass is 10.2. The van der Waals surface area contributed by atoms with E-state index >= 15 is 0 Å². The van der Waals surface area contributed by atoms with Gasteiger partial charge in [-0.1, -0.05) is 24.0 Å². The van der Waals surface area contributed by atoms with Gasteiger partial charge in [0.1, 0.15) is 0 Å². The van der Waals surface area contributed by atoms with Gasteiger partial charge in [-0.05, 0) is 59.0 Å². The number of hydrogen-bond donors (Lipinski definition) is 1. The van der Waals surface area contributed by atoms with Gasteiger partial charge in [-0.2, -0.15) is 0 Å². The normalized spacial score (nSPS) is 9.31. The van der Waals surface area contributed by atoms with Crippen LogP contribution >= 0.6 is 22.6 Å². The van der Waals surface area contributed by atoms with Gasteiger partial charge in [-0.15, -0.1) is 0 Å². The number of nitrogens with two attached hydrogens (primary N) is 1. The van der Waals surface area contributed by atoms with Gasteiger partial charge in [0, 0.05) is 20.4 Å².